The van der Waals surface area contributed by atoms with Crippen LogP contribution in [0.15, 0.2) is 24.3 Å². The van der Waals surface area contributed by atoms with E-state index in [-0.39, 0.29) is 17.7 Å². The van der Waals surface area contributed by atoms with Crippen molar-refractivity contribution < 1.29 is 9.59 Å². The second-order valence-corrected chi connectivity index (χ2v) is 5.58. The van der Waals surface area contributed by atoms with Gasteiger partial charge in [0.05, 0.1) is 6.54 Å². The quantitative estimate of drug-likeness (QED) is 0.880. The number of rotatable bonds is 4. The Hall–Kier alpha value is -1.88. The number of aryl methyl sites for hydroxylation is 1. The molecule has 114 valence electrons. The number of hydrogen-bond acceptors (Lipinski definition) is 3. The molecule has 1 fully saturated rings. The molecule has 1 aromatic rings. The highest BCUT2D eigenvalue weighted by molar-refractivity contribution is 5.92. The summed E-state index contributed by atoms with van der Waals surface area (Å²) >= 11 is 0. The second kappa shape index (κ2) is 7.22. The first-order valence-corrected chi connectivity index (χ1v) is 7.39. The Kier molecular flexibility index (Phi) is 5.33. The first-order chi connectivity index (χ1) is 10.1. The smallest absolute Gasteiger partial charge is 0.238 e. The Labute approximate surface area is 125 Å². The molecule has 1 heterocycles. The Morgan fingerprint density at radius 1 is 1.19 bits per heavy atom. The number of likely N-dealkylation sites (tertiary alicyclic amines) is 1. The van der Waals surface area contributed by atoms with E-state index in [1.807, 2.05) is 31.2 Å². The third-order valence-electron chi connectivity index (χ3n) is 3.91. The molecule has 2 amide bonds. The predicted octanol–water partition coefficient (Wildman–Crippen LogP) is 1.39. The van der Waals surface area contributed by atoms with E-state index in [4.69, 9.17) is 0 Å². The first kappa shape index (κ1) is 15.5. The van der Waals surface area contributed by atoms with E-state index in [2.05, 4.69) is 15.5 Å². The molecule has 1 aromatic carbocycles. The molecule has 0 spiro atoms. The van der Waals surface area contributed by atoms with Gasteiger partial charge in [0, 0.05) is 18.7 Å². The number of hydrogen-bond donors (Lipinski definition) is 2. The summed E-state index contributed by atoms with van der Waals surface area (Å²) in [5.74, 6) is 0.197. The summed E-state index contributed by atoms with van der Waals surface area (Å²) in [6.07, 6.45) is 1.63. The van der Waals surface area contributed by atoms with E-state index < -0.39 is 0 Å². The summed E-state index contributed by atoms with van der Waals surface area (Å²) in [6, 6.07) is 7.77. The number of carbonyl (C=O) groups is 2. The van der Waals surface area contributed by atoms with Crippen LogP contribution in [-0.4, -0.2) is 43.4 Å². The van der Waals surface area contributed by atoms with Gasteiger partial charge in [0.25, 0.3) is 0 Å². The summed E-state index contributed by atoms with van der Waals surface area (Å²) in [7, 11) is 1.67. The largest absolute Gasteiger partial charge is 0.359 e. The number of amides is 2. The zero-order valence-electron chi connectivity index (χ0n) is 12.7. The molecule has 0 unspecified atom stereocenters. The van der Waals surface area contributed by atoms with E-state index in [9.17, 15) is 9.59 Å². The lowest BCUT2D eigenvalue weighted by molar-refractivity contribution is -0.126. The summed E-state index contributed by atoms with van der Waals surface area (Å²) in [6.45, 7) is 3.98. The normalized spacial score (nSPS) is 16.5. The van der Waals surface area contributed by atoms with Gasteiger partial charge in [-0.05, 0) is 45.0 Å². The lowest BCUT2D eigenvalue weighted by Crippen LogP contribution is -2.42. The SMILES string of the molecule is CNC(=O)C1CCN(CC(=O)Nc2ccc(C)cc2)CC1. The molecule has 0 atom stereocenters. The van der Waals surface area contributed by atoms with E-state index in [1.165, 1.54) is 5.56 Å². The molecule has 1 aliphatic rings. The highest BCUT2D eigenvalue weighted by atomic mass is 16.2. The van der Waals surface area contributed by atoms with Gasteiger partial charge in [-0.25, -0.2) is 0 Å². The molecular formula is C16H23N3O2. The van der Waals surface area contributed by atoms with Gasteiger partial charge in [-0.2, -0.15) is 0 Å². The lowest BCUT2D eigenvalue weighted by atomic mass is 9.96. The Balaban J connectivity index is 1.76. The second-order valence-electron chi connectivity index (χ2n) is 5.58. The van der Waals surface area contributed by atoms with Crippen molar-refractivity contribution in [3.05, 3.63) is 29.8 Å². The highest BCUT2D eigenvalue weighted by Gasteiger charge is 2.25. The lowest BCUT2D eigenvalue weighted by Gasteiger charge is -2.30. The summed E-state index contributed by atoms with van der Waals surface area (Å²) in [4.78, 5) is 25.7. The minimum absolute atomic E-state index is 0.00255. The Bertz CT molecular complexity index is 491. The molecule has 5 heteroatoms. The van der Waals surface area contributed by atoms with Gasteiger partial charge >= 0.3 is 0 Å². The average molecular weight is 289 g/mol. The third-order valence-corrected chi connectivity index (χ3v) is 3.91. The molecule has 0 aromatic heterocycles. The van der Waals surface area contributed by atoms with Gasteiger partial charge in [0.15, 0.2) is 0 Å². The number of piperidine rings is 1. The molecular weight excluding hydrogens is 266 g/mol. The Morgan fingerprint density at radius 3 is 2.38 bits per heavy atom. The number of benzene rings is 1. The third kappa shape index (κ3) is 4.56. The molecule has 0 aliphatic carbocycles. The predicted molar refractivity (Wildman–Crippen MR) is 83.0 cm³/mol. The molecule has 2 N–H and O–H groups in total. The zero-order chi connectivity index (χ0) is 15.2. The minimum Gasteiger partial charge on any atom is -0.359 e. The van der Waals surface area contributed by atoms with Crippen LogP contribution in [0.25, 0.3) is 0 Å². The Morgan fingerprint density at radius 2 is 1.81 bits per heavy atom. The van der Waals surface area contributed by atoms with Crippen molar-refractivity contribution in [1.82, 2.24) is 10.2 Å². The fourth-order valence-electron chi connectivity index (χ4n) is 2.60. The standard InChI is InChI=1S/C16H23N3O2/c1-12-3-5-14(6-4-12)18-15(20)11-19-9-7-13(8-10-19)16(21)17-2/h3-6,13H,7-11H2,1-2H3,(H,17,21)(H,18,20). The van der Waals surface area contributed by atoms with Crippen molar-refractivity contribution in [1.29, 1.82) is 0 Å². The minimum atomic E-state index is -0.00255. The monoisotopic (exact) mass is 289 g/mol. The van der Waals surface area contributed by atoms with E-state index >= 15 is 0 Å². The molecule has 1 aliphatic heterocycles. The van der Waals surface area contributed by atoms with Crippen LogP contribution in [0.3, 0.4) is 0 Å². The van der Waals surface area contributed by atoms with Crippen LogP contribution < -0.4 is 10.6 Å². The van der Waals surface area contributed by atoms with Gasteiger partial charge in [0.2, 0.25) is 11.8 Å². The molecule has 0 radical (unpaired) electrons. The van der Waals surface area contributed by atoms with Crippen molar-refractivity contribution in [2.75, 3.05) is 32.0 Å². The van der Waals surface area contributed by atoms with Crippen molar-refractivity contribution in [3.8, 4) is 0 Å². The van der Waals surface area contributed by atoms with Gasteiger partial charge in [-0.15, -0.1) is 0 Å². The number of nitrogens with zero attached hydrogens (tertiary/aromatic N) is 1. The van der Waals surface area contributed by atoms with Gasteiger partial charge < -0.3 is 10.6 Å². The van der Waals surface area contributed by atoms with Crippen LogP contribution >= 0.6 is 0 Å². The van der Waals surface area contributed by atoms with E-state index in [1.54, 1.807) is 7.05 Å². The van der Waals surface area contributed by atoms with Crippen LogP contribution in [0, 0.1) is 12.8 Å². The van der Waals surface area contributed by atoms with Crippen LogP contribution in [0.2, 0.25) is 0 Å². The number of nitrogens with one attached hydrogen (secondary N) is 2. The summed E-state index contributed by atoms with van der Waals surface area (Å²) < 4.78 is 0. The average Bonchev–Trinajstić information content (AvgIpc) is 2.49. The summed E-state index contributed by atoms with van der Waals surface area (Å²) in [5.41, 5.74) is 2.00. The van der Waals surface area contributed by atoms with E-state index in [0.717, 1.165) is 31.6 Å². The number of carbonyl (C=O) groups excluding carboxylic acids is 2. The van der Waals surface area contributed by atoms with Crippen LogP contribution in [0.5, 0.6) is 0 Å². The molecule has 1 saturated heterocycles. The van der Waals surface area contributed by atoms with Crippen LogP contribution in [0.1, 0.15) is 18.4 Å². The maximum absolute atomic E-state index is 12.0. The maximum Gasteiger partial charge on any atom is 0.238 e. The molecule has 0 bridgehead atoms. The van der Waals surface area contributed by atoms with Crippen LogP contribution in [0.4, 0.5) is 5.69 Å². The summed E-state index contributed by atoms with van der Waals surface area (Å²) in [5, 5.41) is 5.59. The molecule has 2 rings (SSSR count). The van der Waals surface area contributed by atoms with Crippen LogP contribution in [-0.2, 0) is 9.59 Å². The number of anilines is 1. The fourth-order valence-corrected chi connectivity index (χ4v) is 2.60. The maximum atomic E-state index is 12.0. The van der Waals surface area contributed by atoms with Crippen molar-refractivity contribution in [2.45, 2.75) is 19.8 Å². The van der Waals surface area contributed by atoms with E-state index in [0.29, 0.717) is 6.54 Å². The molecule has 0 saturated carbocycles. The van der Waals surface area contributed by atoms with Crippen molar-refractivity contribution >= 4 is 17.5 Å². The molecule has 5 nitrogen and oxygen atoms in total. The molecule has 21 heavy (non-hydrogen) atoms. The van der Waals surface area contributed by atoms with Gasteiger partial charge in [-0.3, -0.25) is 14.5 Å². The van der Waals surface area contributed by atoms with Crippen molar-refractivity contribution in [2.24, 2.45) is 5.92 Å². The van der Waals surface area contributed by atoms with Gasteiger partial charge in [-0.1, -0.05) is 17.7 Å². The topological polar surface area (TPSA) is 61.4 Å². The zero-order valence-corrected chi connectivity index (χ0v) is 12.7. The highest BCUT2D eigenvalue weighted by Crippen LogP contribution is 2.17. The first-order valence-electron chi connectivity index (χ1n) is 7.39. The fraction of sp³-hybridized carbons (Fsp3) is 0.500. The van der Waals surface area contributed by atoms with Crippen molar-refractivity contribution in [3.63, 3.8) is 0 Å². The van der Waals surface area contributed by atoms with Gasteiger partial charge in [0.1, 0.15) is 0 Å².